The maximum absolute atomic E-state index is 2.79. The van der Waals surface area contributed by atoms with Crippen molar-refractivity contribution < 1.29 is 0 Å². The molecular weight excluding hydrogens is 929 g/mol. The molecule has 2 atom stereocenters. The van der Waals surface area contributed by atoms with Crippen LogP contribution in [0, 0.1) is 0 Å². The van der Waals surface area contributed by atoms with Gasteiger partial charge in [0, 0.05) is 5.41 Å². The summed E-state index contributed by atoms with van der Waals surface area (Å²) in [6, 6.07) is 25.7. The summed E-state index contributed by atoms with van der Waals surface area (Å²) in [7, 11) is -2.28. The molecule has 0 saturated heterocycles. The molecule has 76 heavy (non-hydrogen) atoms. The minimum Gasteiger partial charge on any atom is -0.0654 e. The van der Waals surface area contributed by atoms with Crippen LogP contribution in [0.5, 0.6) is 0 Å². The van der Waals surface area contributed by atoms with Gasteiger partial charge in [0.2, 0.25) is 0 Å². The third kappa shape index (κ3) is 1.70. The fraction of sp³-hybridized carbons (Fsp3) is 0.0667. The Labute approximate surface area is 420 Å². The van der Waals surface area contributed by atoms with E-state index in [1.54, 1.807) is 319 Å². The van der Waals surface area contributed by atoms with E-state index in [9.17, 15) is 0 Å². The van der Waals surface area contributed by atoms with Crippen molar-refractivity contribution in [3.63, 3.8) is 0 Å². The summed E-state index contributed by atoms with van der Waals surface area (Å²) in [5.41, 5.74) is 11.3. The van der Waals surface area contributed by atoms with Gasteiger partial charge in [-0.2, -0.15) is 0 Å². The summed E-state index contributed by atoms with van der Waals surface area (Å²) in [6.07, 6.45) is 0. The number of hydrogen-bond donors (Lipinski definition) is 0. The summed E-state index contributed by atoms with van der Waals surface area (Å²) in [6.45, 7) is 5.57. The van der Waals surface area contributed by atoms with E-state index in [0.717, 1.165) is 0 Å². The molecule has 5 aliphatic rings. The standard InChI is InChI=1S/C75H18Si/c1-76(2,15-11-7-4-8-12-15)13-74-68-60-51-44-31-24-18-19-21-17-16-20(18)29(31)35-33-22(16)26-23(17)34-36-30(21)32-25(19)28-27(24)38-46-39(28)48-45(32)52-50(36)54-41(34)43-37(26)42-40(33)53(49(35)51)64(68)66-55(42)56(43)67-65(54)69-61(52)58(48)63-59(46)62(57(60)47(38)44)70(74)72(63)75(69,73(67)71(66)74)14-9-5-3-6-10-14/h3-12H,13H2,1-2H3. The van der Waals surface area contributed by atoms with Gasteiger partial charge in [-0.05, 0) is 325 Å². The van der Waals surface area contributed by atoms with Crippen molar-refractivity contribution in [1.29, 1.82) is 0 Å². The van der Waals surface area contributed by atoms with Crippen molar-refractivity contribution in [3.8, 4) is 0 Å². The lowest BCUT2D eigenvalue weighted by atomic mass is 9.52. The van der Waals surface area contributed by atoms with Gasteiger partial charge in [0.25, 0.3) is 0 Å². The molecule has 0 aliphatic heterocycles. The molecule has 322 valence electrons. The molecule has 2 unspecified atom stereocenters. The van der Waals surface area contributed by atoms with E-state index < -0.39 is 13.5 Å². The SMILES string of the molecule is C[Si](C)(CC12c3c4c5c6c7c8c9c%10c(c1c1c%11c2c2c%12c3c5c3c5c%12c%12c2c2c%11c%11c%13c1c%10c1c%10c9c9c7c7c6c3c3c5c5c%12c6c2c%11c2c(c%131)c1c%10c9c9c7c3c3c9c1c2c6c53)C48c1ccccc1)c1ccccc1. The van der Waals surface area contributed by atoms with Gasteiger partial charge in [0.15, 0.2) is 0 Å². The van der Waals surface area contributed by atoms with Gasteiger partial charge >= 0.3 is 0 Å². The monoisotopic (exact) mass is 946 g/mol. The lowest BCUT2D eigenvalue weighted by Crippen LogP contribution is -2.51. The summed E-state index contributed by atoms with van der Waals surface area (Å²) < 4.78 is 0. The lowest BCUT2D eigenvalue weighted by Gasteiger charge is -2.51. The van der Waals surface area contributed by atoms with Gasteiger partial charge in [0.05, 0.1) is 13.5 Å². The van der Waals surface area contributed by atoms with Crippen LogP contribution in [0.15, 0.2) is 60.7 Å². The zero-order valence-electron chi connectivity index (χ0n) is 40.0. The van der Waals surface area contributed by atoms with Crippen LogP contribution < -0.4 is 5.19 Å². The van der Waals surface area contributed by atoms with E-state index in [1.807, 2.05) is 0 Å². The van der Waals surface area contributed by atoms with E-state index in [-0.39, 0.29) is 5.41 Å². The summed E-state index contributed by atoms with van der Waals surface area (Å²) >= 11 is 0. The van der Waals surface area contributed by atoms with Crippen LogP contribution in [0.1, 0.15) is 38.9 Å². The van der Waals surface area contributed by atoms with Crippen molar-refractivity contribution in [2.24, 2.45) is 0 Å². The Hall–Kier alpha value is -8.88. The van der Waals surface area contributed by atoms with Gasteiger partial charge in [-0.15, -0.1) is 0 Å². The Balaban J connectivity index is 1.12. The molecule has 0 nitrogen and oxygen atoms in total. The van der Waals surface area contributed by atoms with Gasteiger partial charge in [-0.1, -0.05) is 78.9 Å². The Bertz CT molecular complexity index is 7810. The van der Waals surface area contributed by atoms with Crippen LogP contribution in [-0.4, -0.2) is 8.07 Å². The van der Waals surface area contributed by atoms with E-state index in [4.69, 9.17) is 0 Å². The maximum Gasteiger partial charge on any atom is 0.0821 e. The zero-order valence-corrected chi connectivity index (χ0v) is 41.0. The first kappa shape index (κ1) is 29.9. The van der Waals surface area contributed by atoms with Crippen molar-refractivity contribution in [1.82, 2.24) is 0 Å². The van der Waals surface area contributed by atoms with Gasteiger partial charge in [-0.3, -0.25) is 0 Å². The minimum absolute atomic E-state index is 0.300. The molecule has 29 aromatic carbocycles. The number of hydrogen-bond acceptors (Lipinski definition) is 0. The third-order valence-electron chi connectivity index (χ3n) is 26.9. The molecule has 0 N–H and O–H groups in total. The van der Waals surface area contributed by atoms with E-state index in [0.29, 0.717) is 0 Å². The van der Waals surface area contributed by atoms with Crippen LogP contribution in [0.25, 0.3) is 280 Å². The second kappa shape index (κ2) is 7.00. The molecular formula is C75H18Si. The second-order valence-electron chi connectivity index (χ2n) is 28.2. The number of rotatable bonds is 4. The molecule has 0 radical (unpaired) electrons. The Morgan fingerprint density at radius 2 is 0.434 bits per heavy atom. The highest BCUT2D eigenvalue weighted by Crippen LogP contribution is 2.85. The van der Waals surface area contributed by atoms with Crippen molar-refractivity contribution in [2.45, 2.75) is 30.0 Å². The molecule has 0 aromatic heterocycles. The average Bonchev–Trinajstić information content (AvgIpc) is 1.59. The molecule has 29 aromatic rings. The first-order valence-electron chi connectivity index (χ1n) is 28.5. The molecule has 0 bridgehead atoms. The quantitative estimate of drug-likeness (QED) is 0.122. The second-order valence-corrected chi connectivity index (χ2v) is 32.9. The predicted octanol–water partition coefficient (Wildman–Crippen LogP) is 19.6. The zero-order chi connectivity index (χ0) is 45.9. The first-order valence-corrected chi connectivity index (χ1v) is 31.7. The highest BCUT2D eigenvalue weighted by atomic mass is 28.3. The van der Waals surface area contributed by atoms with Crippen LogP contribution in [0.3, 0.4) is 0 Å². The van der Waals surface area contributed by atoms with Gasteiger partial charge in [-0.25, -0.2) is 0 Å². The van der Waals surface area contributed by atoms with Crippen LogP contribution in [0.4, 0.5) is 0 Å². The summed E-state index contributed by atoms with van der Waals surface area (Å²) in [5.74, 6) is 0. The van der Waals surface area contributed by atoms with E-state index >= 15 is 0 Å². The predicted molar refractivity (Wildman–Crippen MR) is 326 cm³/mol. The third-order valence-corrected chi connectivity index (χ3v) is 30.2. The Morgan fingerprint density at radius 3 is 0.776 bits per heavy atom. The molecule has 0 amide bonds. The summed E-state index contributed by atoms with van der Waals surface area (Å²) in [5, 5.41) is 88.4. The maximum atomic E-state index is 2.79. The van der Waals surface area contributed by atoms with E-state index in [2.05, 4.69) is 73.8 Å². The Morgan fingerprint density at radius 1 is 0.224 bits per heavy atom. The molecule has 0 spiro atoms. The average molecular weight is 947 g/mol. The minimum atomic E-state index is -2.28. The molecule has 5 aliphatic carbocycles. The fourth-order valence-corrected chi connectivity index (χ4v) is 29.6. The molecule has 34 rings (SSSR count). The smallest absolute Gasteiger partial charge is 0.0654 e. The van der Waals surface area contributed by atoms with Crippen molar-refractivity contribution in [2.75, 3.05) is 0 Å². The van der Waals surface area contributed by atoms with Crippen LogP contribution in [-0.2, 0) is 10.8 Å². The van der Waals surface area contributed by atoms with Crippen molar-refractivity contribution in [3.05, 3.63) is 99.6 Å². The van der Waals surface area contributed by atoms with Gasteiger partial charge in [0.1, 0.15) is 0 Å². The molecule has 0 fully saturated rings. The van der Waals surface area contributed by atoms with Gasteiger partial charge < -0.3 is 0 Å². The Kier molecular flexibility index (Phi) is 2.75. The van der Waals surface area contributed by atoms with Crippen LogP contribution in [0.2, 0.25) is 19.1 Å². The van der Waals surface area contributed by atoms with Crippen molar-refractivity contribution >= 4 is 293 Å². The highest BCUT2D eigenvalue weighted by Gasteiger charge is 2.67. The largest absolute Gasteiger partial charge is 0.0821 e. The van der Waals surface area contributed by atoms with Crippen LogP contribution >= 0.6 is 0 Å². The van der Waals surface area contributed by atoms with E-state index in [1.165, 1.54) is 11.6 Å². The molecule has 0 heterocycles. The first-order chi connectivity index (χ1) is 37.6. The molecule has 0 saturated carbocycles. The number of benzene rings is 19. The highest BCUT2D eigenvalue weighted by molar-refractivity contribution is 6.90. The molecule has 1 heteroatoms. The topological polar surface area (TPSA) is 0 Å². The normalized spacial score (nSPS) is 21.2. The lowest BCUT2D eigenvalue weighted by molar-refractivity contribution is 0.625. The fourth-order valence-electron chi connectivity index (χ4n) is 26.4. The summed E-state index contributed by atoms with van der Waals surface area (Å²) in [4.78, 5) is 0.